The molecule has 0 aromatic carbocycles. The number of likely N-dealkylation sites (tertiary alicyclic amines) is 2. The molecule has 132 valence electrons. The molecule has 0 aromatic heterocycles. The minimum Gasteiger partial charge on any atom is -0.466 e. The number of hydrogen-bond acceptors (Lipinski definition) is 4. The fraction of sp³-hybridized carbons (Fsp3) is 0.882. The first-order valence-electron chi connectivity index (χ1n) is 9.02. The second-order valence-corrected chi connectivity index (χ2v) is 6.79. The Labute approximate surface area is 139 Å². The lowest BCUT2D eigenvalue weighted by Gasteiger charge is -2.32. The summed E-state index contributed by atoms with van der Waals surface area (Å²) in [6.07, 6.45) is 3.99. The maximum absolute atomic E-state index is 12.2. The highest BCUT2D eigenvalue weighted by molar-refractivity contribution is 5.76. The van der Waals surface area contributed by atoms with Crippen molar-refractivity contribution in [1.29, 1.82) is 0 Å². The molecule has 1 unspecified atom stereocenters. The fourth-order valence-electron chi connectivity index (χ4n) is 3.50. The summed E-state index contributed by atoms with van der Waals surface area (Å²) in [5, 5.41) is 3.01. The lowest BCUT2D eigenvalue weighted by atomic mass is 9.97. The van der Waals surface area contributed by atoms with E-state index in [-0.39, 0.29) is 17.9 Å². The molecule has 2 amide bonds. The topological polar surface area (TPSA) is 61.9 Å². The molecule has 0 aromatic rings. The van der Waals surface area contributed by atoms with Crippen LogP contribution in [0, 0.1) is 11.8 Å². The number of esters is 1. The van der Waals surface area contributed by atoms with Crippen LogP contribution in [-0.4, -0.2) is 67.7 Å². The van der Waals surface area contributed by atoms with Gasteiger partial charge in [0, 0.05) is 32.7 Å². The van der Waals surface area contributed by atoms with Crippen molar-refractivity contribution in [1.82, 2.24) is 15.1 Å². The van der Waals surface area contributed by atoms with Gasteiger partial charge in [-0.3, -0.25) is 4.79 Å². The molecule has 0 spiro atoms. The molecule has 2 saturated heterocycles. The number of carbonyl (C=O) groups is 2. The molecule has 2 aliphatic heterocycles. The number of urea groups is 1. The van der Waals surface area contributed by atoms with Gasteiger partial charge in [-0.15, -0.1) is 0 Å². The average Bonchev–Trinajstić information content (AvgIpc) is 2.55. The number of rotatable bonds is 5. The van der Waals surface area contributed by atoms with Crippen LogP contribution >= 0.6 is 0 Å². The van der Waals surface area contributed by atoms with E-state index in [2.05, 4.69) is 17.1 Å². The van der Waals surface area contributed by atoms with Gasteiger partial charge < -0.3 is 19.9 Å². The van der Waals surface area contributed by atoms with E-state index in [4.69, 9.17) is 4.74 Å². The molecule has 0 bridgehead atoms. The minimum absolute atomic E-state index is 0.00244. The van der Waals surface area contributed by atoms with Crippen LogP contribution in [0.3, 0.4) is 0 Å². The molecule has 23 heavy (non-hydrogen) atoms. The summed E-state index contributed by atoms with van der Waals surface area (Å²) in [7, 11) is 0. The molecule has 2 heterocycles. The molecular weight excluding hydrogens is 294 g/mol. The van der Waals surface area contributed by atoms with Crippen LogP contribution < -0.4 is 5.32 Å². The predicted molar refractivity (Wildman–Crippen MR) is 89.2 cm³/mol. The molecule has 1 atom stereocenters. The zero-order chi connectivity index (χ0) is 16.7. The maximum Gasteiger partial charge on any atom is 0.317 e. The normalized spacial score (nSPS) is 23.6. The SMILES string of the molecule is CCOC(=O)C1CCN(C(=O)NCCN2CCCC(C)C2)CC1. The third kappa shape index (κ3) is 5.68. The van der Waals surface area contributed by atoms with Gasteiger partial charge in [0.15, 0.2) is 0 Å². The summed E-state index contributed by atoms with van der Waals surface area (Å²) in [6, 6.07) is -0.00244. The number of hydrogen-bond donors (Lipinski definition) is 1. The number of carbonyl (C=O) groups excluding carboxylic acids is 2. The van der Waals surface area contributed by atoms with Crippen LogP contribution in [0.25, 0.3) is 0 Å². The second-order valence-electron chi connectivity index (χ2n) is 6.79. The Morgan fingerprint density at radius 2 is 1.91 bits per heavy atom. The van der Waals surface area contributed by atoms with E-state index in [0.29, 0.717) is 39.1 Å². The highest BCUT2D eigenvalue weighted by atomic mass is 16.5. The zero-order valence-corrected chi connectivity index (χ0v) is 14.6. The van der Waals surface area contributed by atoms with Gasteiger partial charge in [-0.1, -0.05) is 6.92 Å². The first kappa shape index (κ1) is 18.0. The Bertz CT molecular complexity index is 395. The Hall–Kier alpha value is -1.30. The van der Waals surface area contributed by atoms with Crippen LogP contribution in [0.2, 0.25) is 0 Å². The zero-order valence-electron chi connectivity index (χ0n) is 14.6. The highest BCUT2D eigenvalue weighted by Crippen LogP contribution is 2.18. The number of nitrogens with zero attached hydrogens (tertiary/aromatic N) is 2. The smallest absolute Gasteiger partial charge is 0.317 e. The lowest BCUT2D eigenvalue weighted by Crippen LogP contribution is -2.47. The van der Waals surface area contributed by atoms with Gasteiger partial charge in [0.2, 0.25) is 0 Å². The lowest BCUT2D eigenvalue weighted by molar-refractivity contribution is -0.149. The molecule has 2 rings (SSSR count). The largest absolute Gasteiger partial charge is 0.466 e. The Balaban J connectivity index is 1.62. The number of amides is 2. The molecule has 0 radical (unpaired) electrons. The third-order valence-electron chi connectivity index (χ3n) is 4.85. The van der Waals surface area contributed by atoms with Gasteiger partial charge in [0.05, 0.1) is 12.5 Å². The monoisotopic (exact) mass is 325 g/mol. The summed E-state index contributed by atoms with van der Waals surface area (Å²) >= 11 is 0. The first-order chi connectivity index (χ1) is 11.1. The first-order valence-corrected chi connectivity index (χ1v) is 9.02. The van der Waals surface area contributed by atoms with E-state index >= 15 is 0 Å². The summed E-state index contributed by atoms with van der Waals surface area (Å²) in [5.41, 5.74) is 0. The van der Waals surface area contributed by atoms with Gasteiger partial charge in [0.25, 0.3) is 0 Å². The van der Waals surface area contributed by atoms with Crippen LogP contribution in [0.5, 0.6) is 0 Å². The summed E-state index contributed by atoms with van der Waals surface area (Å²) < 4.78 is 5.05. The van der Waals surface area contributed by atoms with E-state index in [9.17, 15) is 9.59 Å². The van der Waals surface area contributed by atoms with Gasteiger partial charge in [0.1, 0.15) is 0 Å². The van der Waals surface area contributed by atoms with Crippen molar-refractivity contribution in [3.05, 3.63) is 0 Å². The maximum atomic E-state index is 12.2. The molecule has 6 heteroatoms. The summed E-state index contributed by atoms with van der Waals surface area (Å²) in [5.74, 6) is 0.599. The van der Waals surface area contributed by atoms with Crippen molar-refractivity contribution < 1.29 is 14.3 Å². The van der Waals surface area contributed by atoms with Gasteiger partial charge in [-0.05, 0) is 45.1 Å². The van der Waals surface area contributed by atoms with Crippen molar-refractivity contribution in [3.63, 3.8) is 0 Å². The quantitative estimate of drug-likeness (QED) is 0.782. The molecular formula is C17H31N3O3. The predicted octanol–water partition coefficient (Wildman–Crippen LogP) is 1.70. The van der Waals surface area contributed by atoms with E-state index < -0.39 is 0 Å². The molecule has 2 fully saturated rings. The Kier molecular flexibility index (Phi) is 7.15. The van der Waals surface area contributed by atoms with Gasteiger partial charge in [-0.2, -0.15) is 0 Å². The second kappa shape index (κ2) is 9.11. The third-order valence-corrected chi connectivity index (χ3v) is 4.85. The van der Waals surface area contributed by atoms with E-state index in [1.165, 1.54) is 12.8 Å². The molecule has 6 nitrogen and oxygen atoms in total. The van der Waals surface area contributed by atoms with Crippen molar-refractivity contribution in [2.24, 2.45) is 11.8 Å². The summed E-state index contributed by atoms with van der Waals surface area (Å²) in [6.45, 7) is 9.72. The standard InChI is InChI=1S/C17H31N3O3/c1-3-23-16(21)15-6-10-20(11-7-15)17(22)18-8-12-19-9-4-5-14(2)13-19/h14-15H,3-13H2,1-2H3,(H,18,22). The number of ether oxygens (including phenoxy) is 1. The molecule has 0 aliphatic carbocycles. The Morgan fingerprint density at radius 1 is 1.17 bits per heavy atom. The van der Waals surface area contributed by atoms with Crippen LogP contribution in [-0.2, 0) is 9.53 Å². The van der Waals surface area contributed by atoms with Gasteiger partial charge >= 0.3 is 12.0 Å². The van der Waals surface area contributed by atoms with Gasteiger partial charge in [-0.25, -0.2) is 4.79 Å². The van der Waals surface area contributed by atoms with Crippen molar-refractivity contribution >= 4 is 12.0 Å². The minimum atomic E-state index is -0.119. The van der Waals surface area contributed by atoms with E-state index in [1.54, 1.807) is 0 Å². The molecule has 2 aliphatic rings. The van der Waals surface area contributed by atoms with Crippen LogP contribution in [0.15, 0.2) is 0 Å². The highest BCUT2D eigenvalue weighted by Gasteiger charge is 2.28. The van der Waals surface area contributed by atoms with Crippen molar-refractivity contribution in [2.45, 2.75) is 39.5 Å². The van der Waals surface area contributed by atoms with E-state index in [1.807, 2.05) is 11.8 Å². The van der Waals surface area contributed by atoms with Crippen LogP contribution in [0.4, 0.5) is 4.79 Å². The molecule has 1 N–H and O–H groups in total. The number of nitrogens with one attached hydrogen (secondary N) is 1. The summed E-state index contributed by atoms with van der Waals surface area (Å²) in [4.78, 5) is 28.1. The fourth-order valence-corrected chi connectivity index (χ4v) is 3.50. The average molecular weight is 325 g/mol. The van der Waals surface area contributed by atoms with Crippen molar-refractivity contribution in [2.75, 3.05) is 45.9 Å². The number of piperidine rings is 2. The van der Waals surface area contributed by atoms with Crippen molar-refractivity contribution in [3.8, 4) is 0 Å². The Morgan fingerprint density at radius 3 is 2.57 bits per heavy atom. The van der Waals surface area contributed by atoms with E-state index in [0.717, 1.165) is 25.6 Å². The molecule has 0 saturated carbocycles. The van der Waals surface area contributed by atoms with Crippen LogP contribution in [0.1, 0.15) is 39.5 Å².